The van der Waals surface area contributed by atoms with Gasteiger partial charge in [0, 0.05) is 28.7 Å². The van der Waals surface area contributed by atoms with E-state index in [1.165, 1.54) is 11.3 Å². The molecule has 0 radical (unpaired) electrons. The molecule has 1 atom stereocenters. The molecule has 2 heterocycles. The Bertz CT molecular complexity index is 1120. The fourth-order valence-electron chi connectivity index (χ4n) is 4.02. The third-order valence-electron chi connectivity index (χ3n) is 5.74. The van der Waals surface area contributed by atoms with E-state index in [1.54, 1.807) is 30.5 Å². The van der Waals surface area contributed by atoms with Crippen LogP contribution in [0.25, 0.3) is 11.0 Å². The van der Waals surface area contributed by atoms with Gasteiger partial charge in [-0.3, -0.25) is 4.79 Å². The molecule has 0 bridgehead atoms. The van der Waals surface area contributed by atoms with Gasteiger partial charge < -0.3 is 9.32 Å². The van der Waals surface area contributed by atoms with Gasteiger partial charge in [0.05, 0.1) is 6.21 Å². The normalized spacial score (nSPS) is 18.2. The van der Waals surface area contributed by atoms with Crippen molar-refractivity contribution < 1.29 is 9.21 Å². The van der Waals surface area contributed by atoms with Crippen LogP contribution in [0.1, 0.15) is 54.8 Å². The van der Waals surface area contributed by atoms with Crippen LogP contribution < -0.4 is 10.3 Å². The summed E-state index contributed by atoms with van der Waals surface area (Å²) in [6.07, 6.45) is 2.74. The summed E-state index contributed by atoms with van der Waals surface area (Å²) >= 11 is 5.98. The van der Waals surface area contributed by atoms with E-state index in [0.29, 0.717) is 16.5 Å². The lowest BCUT2D eigenvalue weighted by Gasteiger charge is -2.45. The van der Waals surface area contributed by atoms with E-state index in [2.05, 4.69) is 55.4 Å². The summed E-state index contributed by atoms with van der Waals surface area (Å²) in [5.74, 6) is 0.255. The van der Waals surface area contributed by atoms with Crippen molar-refractivity contribution in [2.24, 2.45) is 5.10 Å². The summed E-state index contributed by atoms with van der Waals surface area (Å²) in [5, 5.41) is 5.48. The Morgan fingerprint density at radius 3 is 2.86 bits per heavy atom. The molecule has 1 N–H and O–H groups in total. The van der Waals surface area contributed by atoms with Gasteiger partial charge >= 0.3 is 5.91 Å². The highest BCUT2D eigenvalue weighted by atomic mass is 35.5. The molecule has 1 amide bonds. The van der Waals surface area contributed by atoms with Crippen LogP contribution in [-0.2, 0) is 0 Å². The van der Waals surface area contributed by atoms with Crippen molar-refractivity contribution in [3.8, 4) is 0 Å². The number of nitrogens with zero attached hydrogens (tertiary/aromatic N) is 2. The van der Waals surface area contributed by atoms with Crippen LogP contribution in [0.4, 0.5) is 5.69 Å². The summed E-state index contributed by atoms with van der Waals surface area (Å²) in [4.78, 5) is 14.7. The number of carbonyl (C=O) groups is 1. The molecule has 2 aromatic carbocycles. The molecule has 3 aromatic rings. The minimum atomic E-state index is -0.401. The smallest absolute Gasteiger partial charge is 0.307 e. The molecule has 150 valence electrons. The number of furan rings is 1. The van der Waals surface area contributed by atoms with Crippen LogP contribution in [0.15, 0.2) is 52.0 Å². The van der Waals surface area contributed by atoms with Crippen LogP contribution in [0, 0.1) is 0 Å². The molecule has 0 spiro atoms. The molecular weight excluding hydrogens is 386 g/mol. The lowest BCUT2D eigenvalue weighted by molar-refractivity contribution is 0.0929. The summed E-state index contributed by atoms with van der Waals surface area (Å²) in [6.45, 7) is 6.79. The van der Waals surface area contributed by atoms with E-state index >= 15 is 0 Å². The van der Waals surface area contributed by atoms with Crippen molar-refractivity contribution in [3.05, 3.63) is 64.4 Å². The van der Waals surface area contributed by atoms with E-state index in [9.17, 15) is 4.79 Å². The monoisotopic (exact) mass is 409 g/mol. The van der Waals surface area contributed by atoms with Crippen molar-refractivity contribution in [1.29, 1.82) is 0 Å². The van der Waals surface area contributed by atoms with Gasteiger partial charge in [-0.15, -0.1) is 0 Å². The van der Waals surface area contributed by atoms with Gasteiger partial charge in [0.1, 0.15) is 5.58 Å². The zero-order chi connectivity index (χ0) is 20.8. The highest BCUT2D eigenvalue weighted by Gasteiger charge is 2.33. The number of halogens is 1. The van der Waals surface area contributed by atoms with Crippen molar-refractivity contribution in [2.75, 3.05) is 11.9 Å². The van der Waals surface area contributed by atoms with E-state index in [0.717, 1.165) is 17.4 Å². The van der Waals surface area contributed by atoms with Gasteiger partial charge in [-0.25, -0.2) is 5.43 Å². The Balaban J connectivity index is 1.49. The topological polar surface area (TPSA) is 57.8 Å². The first-order valence-corrected chi connectivity index (χ1v) is 10.0. The number of rotatable bonds is 3. The lowest BCUT2D eigenvalue weighted by atomic mass is 9.80. The van der Waals surface area contributed by atoms with Crippen molar-refractivity contribution in [1.82, 2.24) is 5.43 Å². The van der Waals surface area contributed by atoms with E-state index < -0.39 is 5.91 Å². The number of hydrazone groups is 1. The zero-order valence-electron chi connectivity index (χ0n) is 17.0. The summed E-state index contributed by atoms with van der Waals surface area (Å²) in [6, 6.07) is 13.2. The SMILES string of the molecule is CC1CC(C)(C)N(C)c2ccc(/C=N\NC(=O)c3cc4cc(Cl)ccc4o3)cc21. The number of fused-ring (bicyclic) bond motifs is 2. The van der Waals surface area contributed by atoms with E-state index in [1.807, 2.05) is 6.07 Å². The molecule has 0 aliphatic carbocycles. The third kappa shape index (κ3) is 3.75. The fourth-order valence-corrected chi connectivity index (χ4v) is 4.20. The first kappa shape index (κ1) is 19.5. The molecule has 4 rings (SSSR count). The number of hydrogen-bond donors (Lipinski definition) is 1. The molecule has 1 unspecified atom stereocenters. The Labute approximate surface area is 175 Å². The molecule has 6 heteroatoms. The third-order valence-corrected chi connectivity index (χ3v) is 5.97. The molecule has 0 saturated carbocycles. The number of amides is 1. The maximum atomic E-state index is 12.3. The number of nitrogens with one attached hydrogen (secondary N) is 1. The van der Waals surface area contributed by atoms with Gasteiger partial charge in [0.2, 0.25) is 0 Å². The Kier molecular flexibility index (Phi) is 4.87. The van der Waals surface area contributed by atoms with Crippen LogP contribution in [0.5, 0.6) is 0 Å². The molecule has 0 saturated heterocycles. The molecule has 5 nitrogen and oxygen atoms in total. The molecule has 29 heavy (non-hydrogen) atoms. The average molecular weight is 410 g/mol. The van der Waals surface area contributed by atoms with Crippen LogP contribution in [0.2, 0.25) is 5.02 Å². The Morgan fingerprint density at radius 2 is 2.07 bits per heavy atom. The quantitative estimate of drug-likeness (QED) is 0.454. The van der Waals surface area contributed by atoms with Crippen molar-refractivity contribution in [2.45, 2.75) is 38.6 Å². The van der Waals surface area contributed by atoms with Crippen LogP contribution >= 0.6 is 11.6 Å². The van der Waals surface area contributed by atoms with E-state index in [-0.39, 0.29) is 11.3 Å². The summed E-state index contributed by atoms with van der Waals surface area (Å²) < 4.78 is 5.56. The summed E-state index contributed by atoms with van der Waals surface area (Å²) in [7, 11) is 2.14. The highest BCUT2D eigenvalue weighted by molar-refractivity contribution is 6.31. The minimum absolute atomic E-state index is 0.132. The average Bonchev–Trinajstić information content (AvgIpc) is 3.09. The molecule has 0 fully saturated rings. The minimum Gasteiger partial charge on any atom is -0.451 e. The maximum Gasteiger partial charge on any atom is 0.307 e. The van der Waals surface area contributed by atoms with Gasteiger partial charge in [-0.1, -0.05) is 24.6 Å². The first-order valence-electron chi connectivity index (χ1n) is 9.65. The van der Waals surface area contributed by atoms with Gasteiger partial charge in [0.15, 0.2) is 5.76 Å². The molecule has 1 aliphatic rings. The first-order chi connectivity index (χ1) is 13.7. The van der Waals surface area contributed by atoms with Crippen LogP contribution in [-0.4, -0.2) is 24.7 Å². The second-order valence-electron chi connectivity index (χ2n) is 8.29. The molecular formula is C23H24ClN3O2. The predicted molar refractivity (Wildman–Crippen MR) is 118 cm³/mol. The largest absolute Gasteiger partial charge is 0.451 e. The highest BCUT2D eigenvalue weighted by Crippen LogP contribution is 2.42. The lowest BCUT2D eigenvalue weighted by Crippen LogP contribution is -2.45. The number of hydrogen-bond acceptors (Lipinski definition) is 4. The zero-order valence-corrected chi connectivity index (χ0v) is 17.7. The number of benzene rings is 2. The van der Waals surface area contributed by atoms with Gasteiger partial charge in [0.25, 0.3) is 0 Å². The maximum absolute atomic E-state index is 12.3. The predicted octanol–water partition coefficient (Wildman–Crippen LogP) is 5.57. The van der Waals surface area contributed by atoms with Crippen molar-refractivity contribution >= 4 is 40.4 Å². The van der Waals surface area contributed by atoms with Gasteiger partial charge in [-0.2, -0.15) is 5.10 Å². The van der Waals surface area contributed by atoms with Gasteiger partial charge in [-0.05, 0) is 73.7 Å². The fraction of sp³-hybridized carbons (Fsp3) is 0.304. The Hall–Kier alpha value is -2.79. The molecule has 1 aromatic heterocycles. The van der Waals surface area contributed by atoms with Crippen molar-refractivity contribution in [3.63, 3.8) is 0 Å². The second-order valence-corrected chi connectivity index (χ2v) is 8.72. The standard InChI is InChI=1S/C23H24ClN3O2/c1-14-12-23(2,3)27(4)19-7-5-15(9-18(14)19)13-25-26-22(28)21-11-16-10-17(24)6-8-20(16)29-21/h5-11,13-14H,12H2,1-4H3,(H,26,28)/b25-13-. The second kappa shape index (κ2) is 7.23. The summed E-state index contributed by atoms with van der Waals surface area (Å²) in [5.41, 5.74) is 6.76. The van der Waals surface area contributed by atoms with Crippen LogP contribution in [0.3, 0.4) is 0 Å². The molecule has 1 aliphatic heterocycles. The number of carbonyl (C=O) groups excluding carboxylic acids is 1. The Morgan fingerprint density at radius 1 is 1.28 bits per heavy atom. The number of anilines is 1. The van der Waals surface area contributed by atoms with E-state index in [4.69, 9.17) is 16.0 Å².